The molecule has 0 aliphatic rings. The third kappa shape index (κ3) is 5.29. The predicted octanol–water partition coefficient (Wildman–Crippen LogP) is 5.64. The molecule has 1 heterocycles. The van der Waals surface area contributed by atoms with Crippen LogP contribution in [-0.2, 0) is 11.2 Å². The number of carboxylic acid groups (broad SMARTS) is 1. The van der Waals surface area contributed by atoms with E-state index in [-0.39, 0.29) is 12.3 Å². The van der Waals surface area contributed by atoms with Crippen LogP contribution in [0.3, 0.4) is 0 Å². The lowest BCUT2D eigenvalue weighted by Gasteiger charge is -2.21. The molecule has 0 fully saturated rings. The molecule has 5 heteroatoms. The van der Waals surface area contributed by atoms with Crippen LogP contribution in [0.5, 0.6) is 5.75 Å². The first-order valence-corrected chi connectivity index (χ1v) is 10.7. The first-order valence-electron chi connectivity index (χ1n) is 10.7. The van der Waals surface area contributed by atoms with E-state index in [1.165, 1.54) is 31.2 Å². The van der Waals surface area contributed by atoms with E-state index in [4.69, 9.17) is 4.98 Å². The number of carboxylic acids is 1. The summed E-state index contributed by atoms with van der Waals surface area (Å²) in [5.41, 5.74) is 4.09. The first kappa shape index (κ1) is 21.6. The molecule has 3 aromatic rings. The number of carbonyl (C=O) groups is 1. The molecule has 0 saturated carbocycles. The summed E-state index contributed by atoms with van der Waals surface area (Å²) in [5, 5.41) is 20.0. The fourth-order valence-electron chi connectivity index (χ4n) is 3.73. The van der Waals surface area contributed by atoms with Crippen LogP contribution in [0.25, 0.3) is 22.0 Å². The van der Waals surface area contributed by atoms with Crippen molar-refractivity contribution in [3.63, 3.8) is 0 Å². The van der Waals surface area contributed by atoms with Crippen molar-refractivity contribution in [3.05, 3.63) is 54.1 Å². The van der Waals surface area contributed by atoms with Crippen LogP contribution in [0.15, 0.2) is 48.5 Å². The molecule has 1 aromatic heterocycles. The van der Waals surface area contributed by atoms with Crippen molar-refractivity contribution in [2.24, 2.45) is 0 Å². The number of fused-ring (bicyclic) bond motifs is 1. The molecule has 2 aromatic carbocycles. The number of benzene rings is 2. The number of phenolic OH excluding ortho intramolecular Hbond substituents is 1. The molecule has 158 valence electrons. The summed E-state index contributed by atoms with van der Waals surface area (Å²) >= 11 is 0. The smallest absolute Gasteiger partial charge is 0.323 e. The van der Waals surface area contributed by atoms with E-state index in [0.29, 0.717) is 12.4 Å². The highest BCUT2D eigenvalue weighted by Gasteiger charge is 2.15. The lowest BCUT2D eigenvalue weighted by Crippen LogP contribution is -2.30. The number of nitrogens with zero attached hydrogens (tertiary/aromatic N) is 2. The van der Waals surface area contributed by atoms with Gasteiger partial charge in [0.25, 0.3) is 0 Å². The molecule has 30 heavy (non-hydrogen) atoms. The van der Waals surface area contributed by atoms with Gasteiger partial charge in [0.1, 0.15) is 18.1 Å². The molecular weight excluding hydrogens is 376 g/mol. The maximum atomic E-state index is 11.3. The fourth-order valence-corrected chi connectivity index (χ4v) is 3.73. The molecule has 0 aliphatic carbocycles. The molecular formula is C25H30N2O3. The van der Waals surface area contributed by atoms with Gasteiger partial charge in [-0.2, -0.15) is 0 Å². The van der Waals surface area contributed by atoms with Crippen molar-refractivity contribution in [2.75, 3.05) is 18.0 Å². The van der Waals surface area contributed by atoms with Gasteiger partial charge >= 0.3 is 5.97 Å². The van der Waals surface area contributed by atoms with Crippen LogP contribution in [0.4, 0.5) is 5.82 Å². The normalized spacial score (nSPS) is 11.0. The monoisotopic (exact) mass is 406 g/mol. The zero-order valence-electron chi connectivity index (χ0n) is 17.8. The number of hydrogen-bond acceptors (Lipinski definition) is 4. The lowest BCUT2D eigenvalue weighted by atomic mass is 9.97. The van der Waals surface area contributed by atoms with Crippen molar-refractivity contribution in [3.8, 4) is 16.9 Å². The summed E-state index contributed by atoms with van der Waals surface area (Å²) < 4.78 is 0. The summed E-state index contributed by atoms with van der Waals surface area (Å²) in [4.78, 5) is 17.8. The Hall–Kier alpha value is -3.08. The second kappa shape index (κ2) is 10.1. The van der Waals surface area contributed by atoms with Crippen molar-refractivity contribution in [1.82, 2.24) is 4.98 Å². The topological polar surface area (TPSA) is 73.7 Å². The lowest BCUT2D eigenvalue weighted by molar-refractivity contribution is -0.135. The number of pyridine rings is 1. The number of hydrogen-bond donors (Lipinski definition) is 2. The number of anilines is 1. The van der Waals surface area contributed by atoms with Crippen LogP contribution in [0.1, 0.15) is 45.1 Å². The largest absolute Gasteiger partial charge is 0.508 e. The highest BCUT2D eigenvalue weighted by molar-refractivity contribution is 5.97. The first-order chi connectivity index (χ1) is 14.5. The van der Waals surface area contributed by atoms with Gasteiger partial charge in [-0.15, -0.1) is 0 Å². The molecule has 0 unspecified atom stereocenters. The molecule has 0 bridgehead atoms. The quantitative estimate of drug-likeness (QED) is 0.426. The number of likely N-dealkylation sites (N-methyl/N-ethyl adjacent to an activating group) is 1. The Kier molecular flexibility index (Phi) is 7.28. The van der Waals surface area contributed by atoms with Gasteiger partial charge in [-0.05, 0) is 66.8 Å². The minimum absolute atomic E-state index is 0.0977. The van der Waals surface area contributed by atoms with Gasteiger partial charge in [0.05, 0.1) is 5.52 Å². The average molecular weight is 407 g/mol. The zero-order chi connectivity index (χ0) is 21.5. The molecule has 0 spiro atoms. The van der Waals surface area contributed by atoms with Gasteiger partial charge in [-0.3, -0.25) is 4.79 Å². The highest BCUT2D eigenvalue weighted by atomic mass is 16.4. The van der Waals surface area contributed by atoms with Crippen molar-refractivity contribution < 1.29 is 15.0 Å². The fraction of sp³-hybridized carbons (Fsp3) is 0.360. The van der Waals surface area contributed by atoms with Gasteiger partial charge in [0.15, 0.2) is 0 Å². The molecule has 0 radical (unpaired) electrons. The summed E-state index contributed by atoms with van der Waals surface area (Å²) in [6.45, 7) is 4.59. The molecule has 3 rings (SSSR count). The predicted molar refractivity (Wildman–Crippen MR) is 122 cm³/mol. The Morgan fingerprint density at radius 3 is 2.43 bits per heavy atom. The Labute approximate surface area is 178 Å². The van der Waals surface area contributed by atoms with E-state index >= 15 is 0 Å². The third-order valence-electron chi connectivity index (χ3n) is 5.39. The summed E-state index contributed by atoms with van der Waals surface area (Å²) in [5.74, 6) is -0.0199. The van der Waals surface area contributed by atoms with E-state index in [0.717, 1.165) is 28.5 Å². The maximum Gasteiger partial charge on any atom is 0.323 e. The Morgan fingerprint density at radius 1 is 1.00 bits per heavy atom. The number of aromatic nitrogens is 1. The minimum Gasteiger partial charge on any atom is -0.508 e. The number of unbranched alkanes of at least 4 members (excludes halogenated alkanes) is 3. The maximum absolute atomic E-state index is 11.3. The summed E-state index contributed by atoms with van der Waals surface area (Å²) in [6.07, 6.45) is 5.92. The average Bonchev–Trinajstić information content (AvgIpc) is 2.75. The van der Waals surface area contributed by atoms with Gasteiger partial charge in [-0.1, -0.05) is 44.4 Å². The van der Waals surface area contributed by atoms with Gasteiger partial charge in [-0.25, -0.2) is 4.98 Å². The Bertz CT molecular complexity index is 999. The van der Waals surface area contributed by atoms with E-state index in [1.807, 2.05) is 31.2 Å². The number of aromatic hydroxyl groups is 1. The van der Waals surface area contributed by atoms with E-state index < -0.39 is 5.97 Å². The van der Waals surface area contributed by atoms with Gasteiger partial charge in [0, 0.05) is 11.9 Å². The Balaban J connectivity index is 2.07. The third-order valence-corrected chi connectivity index (χ3v) is 5.39. The zero-order valence-corrected chi connectivity index (χ0v) is 17.8. The second-order valence-electron chi connectivity index (χ2n) is 7.64. The molecule has 2 N–H and O–H groups in total. The summed E-state index contributed by atoms with van der Waals surface area (Å²) in [7, 11) is 0. The van der Waals surface area contributed by atoms with Crippen molar-refractivity contribution >= 4 is 22.7 Å². The van der Waals surface area contributed by atoms with Crippen LogP contribution in [-0.4, -0.2) is 34.3 Å². The standard InChI is InChI=1S/C25H30N2O3/c1-3-5-6-7-8-18-9-14-23-22(15-18)21(19-10-12-20(28)13-11-19)16-24(26-23)27(4-2)17-25(29)30/h9-16,28H,3-8,17H2,1-2H3,(H,29,30). The molecule has 0 amide bonds. The number of aliphatic carboxylic acids is 1. The van der Waals surface area contributed by atoms with Gasteiger partial charge in [0.2, 0.25) is 0 Å². The second-order valence-corrected chi connectivity index (χ2v) is 7.64. The molecule has 5 nitrogen and oxygen atoms in total. The molecule has 0 aliphatic heterocycles. The van der Waals surface area contributed by atoms with Crippen LogP contribution < -0.4 is 4.90 Å². The molecule has 0 saturated heterocycles. The summed E-state index contributed by atoms with van der Waals surface area (Å²) in [6, 6.07) is 15.4. The molecule has 0 atom stereocenters. The number of rotatable bonds is 10. The Morgan fingerprint density at radius 2 is 1.77 bits per heavy atom. The number of aryl methyl sites for hydroxylation is 1. The van der Waals surface area contributed by atoms with E-state index in [9.17, 15) is 15.0 Å². The van der Waals surface area contributed by atoms with Crippen LogP contribution in [0, 0.1) is 0 Å². The van der Waals surface area contributed by atoms with Crippen molar-refractivity contribution in [1.29, 1.82) is 0 Å². The van der Waals surface area contributed by atoms with E-state index in [2.05, 4.69) is 19.1 Å². The van der Waals surface area contributed by atoms with Crippen LogP contribution >= 0.6 is 0 Å². The van der Waals surface area contributed by atoms with Crippen LogP contribution in [0.2, 0.25) is 0 Å². The highest BCUT2D eigenvalue weighted by Crippen LogP contribution is 2.33. The number of phenols is 1. The van der Waals surface area contributed by atoms with Crippen molar-refractivity contribution in [2.45, 2.75) is 46.0 Å². The van der Waals surface area contributed by atoms with E-state index in [1.54, 1.807) is 17.0 Å². The SMILES string of the molecule is CCCCCCc1ccc2nc(N(CC)CC(=O)O)cc(-c3ccc(O)cc3)c2c1. The minimum atomic E-state index is -0.882. The van der Waals surface area contributed by atoms with Gasteiger partial charge < -0.3 is 15.1 Å².